The van der Waals surface area contributed by atoms with Gasteiger partial charge in [-0.05, 0) is 20.8 Å². The molecule has 0 bridgehead atoms. The van der Waals surface area contributed by atoms with E-state index in [1.54, 1.807) is 0 Å². The molecule has 0 saturated carbocycles. The molecule has 6 heavy (non-hydrogen) atoms. The molecule has 0 atom stereocenters. The lowest BCUT2D eigenvalue weighted by Crippen LogP contribution is -2.16. The van der Waals surface area contributed by atoms with Crippen LogP contribution in [-0.4, -0.2) is 22.2 Å². The summed E-state index contributed by atoms with van der Waals surface area (Å²) < 4.78 is 4.97. The van der Waals surface area contributed by atoms with Gasteiger partial charge in [0, 0.05) is 5.60 Å². The van der Waals surface area contributed by atoms with Crippen molar-refractivity contribution in [1.29, 1.82) is 0 Å². The van der Waals surface area contributed by atoms with Gasteiger partial charge < -0.3 is 3.79 Å². The zero-order valence-electron chi connectivity index (χ0n) is 4.62. The maximum Gasteiger partial charge on any atom is 0.394 e. The molecule has 2 heteroatoms. The summed E-state index contributed by atoms with van der Waals surface area (Å²) >= 11 is 1.54. The quantitative estimate of drug-likeness (QED) is 0.406. The molecule has 0 saturated heterocycles. The fraction of sp³-hybridized carbons (Fsp3) is 1.00. The van der Waals surface area contributed by atoms with Gasteiger partial charge in [0.1, 0.15) is 0 Å². The van der Waals surface area contributed by atoms with Gasteiger partial charge >= 0.3 is 16.6 Å². The Balaban J connectivity index is 3.17. The molecule has 35 valence electrons. The number of hydrogen-bond donors (Lipinski definition) is 0. The van der Waals surface area contributed by atoms with Crippen LogP contribution in [0.15, 0.2) is 0 Å². The molecule has 0 aliphatic rings. The van der Waals surface area contributed by atoms with Gasteiger partial charge in [0.05, 0.1) is 0 Å². The van der Waals surface area contributed by atoms with Crippen LogP contribution in [0.5, 0.6) is 0 Å². The molecule has 1 radical (unpaired) electrons. The van der Waals surface area contributed by atoms with Crippen molar-refractivity contribution >= 4 is 16.6 Å². The Hall–Kier alpha value is 0.492. The summed E-state index contributed by atoms with van der Waals surface area (Å²) in [6, 6.07) is 0. The topological polar surface area (TPSA) is 9.23 Å². The predicted molar refractivity (Wildman–Crippen MR) is 28.0 cm³/mol. The Morgan fingerprint density at radius 1 is 1.33 bits per heavy atom. The summed E-state index contributed by atoms with van der Waals surface area (Å²) in [7, 11) is 0. The Morgan fingerprint density at radius 2 is 1.50 bits per heavy atom. The van der Waals surface area contributed by atoms with Crippen molar-refractivity contribution in [3.8, 4) is 0 Å². The number of hydrogen-bond acceptors (Lipinski definition) is 1. The largest absolute Gasteiger partial charge is 0.506 e. The highest BCUT2D eigenvalue weighted by Gasteiger charge is 2.02. The number of rotatable bonds is 0. The van der Waals surface area contributed by atoms with Crippen LogP contribution in [0.25, 0.3) is 0 Å². The average Bonchev–Trinajstić information content (AvgIpc) is 1.35. The lowest BCUT2D eigenvalue weighted by molar-refractivity contribution is 0.147. The molecular formula is C4H10AlO. The minimum atomic E-state index is 0.0540. The van der Waals surface area contributed by atoms with Gasteiger partial charge in [-0.25, -0.2) is 0 Å². The maximum absolute atomic E-state index is 4.97. The van der Waals surface area contributed by atoms with E-state index < -0.39 is 0 Å². The zero-order valence-corrected chi connectivity index (χ0v) is 6.03. The van der Waals surface area contributed by atoms with E-state index in [0.717, 1.165) is 0 Å². The molecule has 0 aliphatic heterocycles. The first kappa shape index (κ1) is 6.49. The van der Waals surface area contributed by atoms with E-state index in [2.05, 4.69) is 0 Å². The van der Waals surface area contributed by atoms with Crippen molar-refractivity contribution < 1.29 is 3.79 Å². The molecular weight excluding hydrogens is 91.0 g/mol. The van der Waals surface area contributed by atoms with Crippen molar-refractivity contribution in [1.82, 2.24) is 0 Å². The van der Waals surface area contributed by atoms with Crippen LogP contribution in [0, 0.1) is 0 Å². The summed E-state index contributed by atoms with van der Waals surface area (Å²) in [4.78, 5) is 0. The molecule has 0 N–H and O–H groups in total. The highest BCUT2D eigenvalue weighted by molar-refractivity contribution is 5.98. The third-order valence-corrected chi connectivity index (χ3v) is 1.30. The van der Waals surface area contributed by atoms with Crippen LogP contribution in [0.3, 0.4) is 0 Å². The first-order valence-electron chi connectivity index (χ1n) is 1.99. The van der Waals surface area contributed by atoms with Crippen LogP contribution >= 0.6 is 0 Å². The molecule has 0 unspecified atom stereocenters. The highest BCUT2D eigenvalue weighted by atomic mass is 27.1. The fourth-order valence-electron chi connectivity index (χ4n) is 0. The van der Waals surface area contributed by atoms with Crippen molar-refractivity contribution in [2.45, 2.75) is 26.4 Å². The SMILES string of the molecule is CC(C)(C)[O][AlH]. The predicted octanol–water partition coefficient (Wildman–Crippen LogP) is 0.617. The second-order valence-electron chi connectivity index (χ2n) is 2.26. The molecule has 0 fully saturated rings. The van der Waals surface area contributed by atoms with Gasteiger partial charge in [-0.1, -0.05) is 0 Å². The maximum atomic E-state index is 4.97. The lowest BCUT2D eigenvalue weighted by atomic mass is 10.2. The van der Waals surface area contributed by atoms with Crippen molar-refractivity contribution in [2.75, 3.05) is 0 Å². The Labute approximate surface area is 47.4 Å². The van der Waals surface area contributed by atoms with Crippen molar-refractivity contribution in [3.05, 3.63) is 0 Å². The van der Waals surface area contributed by atoms with Crippen LogP contribution in [0.1, 0.15) is 20.8 Å². The van der Waals surface area contributed by atoms with Gasteiger partial charge in [0.25, 0.3) is 0 Å². The minimum absolute atomic E-state index is 0.0540. The monoisotopic (exact) mass is 101 g/mol. The summed E-state index contributed by atoms with van der Waals surface area (Å²) in [5.41, 5.74) is 0.0540. The van der Waals surface area contributed by atoms with E-state index in [1.165, 1.54) is 16.6 Å². The molecule has 0 rings (SSSR count). The van der Waals surface area contributed by atoms with E-state index in [9.17, 15) is 0 Å². The third-order valence-electron chi connectivity index (χ3n) is 0.433. The van der Waals surface area contributed by atoms with Gasteiger partial charge in [0.15, 0.2) is 0 Å². The van der Waals surface area contributed by atoms with Gasteiger partial charge in [-0.3, -0.25) is 0 Å². The molecule has 0 spiro atoms. The summed E-state index contributed by atoms with van der Waals surface area (Å²) in [5.74, 6) is 0. The zero-order chi connectivity index (χ0) is 5.21. The van der Waals surface area contributed by atoms with Crippen LogP contribution in [0.2, 0.25) is 0 Å². The minimum Gasteiger partial charge on any atom is -0.506 e. The normalized spacial score (nSPS) is 11.8. The second-order valence-corrected chi connectivity index (χ2v) is 2.55. The standard InChI is InChI=1S/C4H9O.Al.H/c1-4(2,3)5;;/h1-3H3;;/q-1;+1;. The smallest absolute Gasteiger partial charge is 0.394 e. The van der Waals surface area contributed by atoms with Crippen LogP contribution in [-0.2, 0) is 3.79 Å². The highest BCUT2D eigenvalue weighted by Crippen LogP contribution is 2.01. The average molecular weight is 101 g/mol. The van der Waals surface area contributed by atoms with Crippen molar-refractivity contribution in [3.63, 3.8) is 0 Å². The summed E-state index contributed by atoms with van der Waals surface area (Å²) in [6.07, 6.45) is 0. The molecule has 0 aromatic rings. The molecule has 0 aromatic heterocycles. The van der Waals surface area contributed by atoms with Crippen LogP contribution < -0.4 is 0 Å². The second kappa shape index (κ2) is 1.97. The fourth-order valence-corrected chi connectivity index (χ4v) is 0. The van der Waals surface area contributed by atoms with E-state index in [-0.39, 0.29) is 5.60 Å². The van der Waals surface area contributed by atoms with Gasteiger partial charge in [-0.2, -0.15) is 0 Å². The van der Waals surface area contributed by atoms with E-state index in [4.69, 9.17) is 3.79 Å². The van der Waals surface area contributed by atoms with Crippen LogP contribution in [0.4, 0.5) is 0 Å². The van der Waals surface area contributed by atoms with E-state index in [0.29, 0.717) is 0 Å². The summed E-state index contributed by atoms with van der Waals surface area (Å²) in [5, 5.41) is 0. The van der Waals surface area contributed by atoms with E-state index in [1.807, 2.05) is 20.8 Å². The first-order chi connectivity index (χ1) is 2.56. The molecule has 0 aromatic carbocycles. The third kappa shape index (κ3) is 4.49. The Morgan fingerprint density at radius 3 is 1.50 bits per heavy atom. The van der Waals surface area contributed by atoms with E-state index >= 15 is 0 Å². The molecule has 0 amide bonds. The summed E-state index contributed by atoms with van der Waals surface area (Å²) in [6.45, 7) is 6.08. The Kier molecular flexibility index (Phi) is 2.14. The lowest BCUT2D eigenvalue weighted by Gasteiger charge is -2.17. The van der Waals surface area contributed by atoms with Gasteiger partial charge in [-0.15, -0.1) is 0 Å². The van der Waals surface area contributed by atoms with Gasteiger partial charge in [0.2, 0.25) is 0 Å². The molecule has 0 aliphatic carbocycles. The first-order valence-corrected chi connectivity index (χ1v) is 2.57. The Bertz CT molecular complexity index is 37.3. The molecule has 1 nitrogen and oxygen atoms in total. The van der Waals surface area contributed by atoms with Crippen molar-refractivity contribution in [2.24, 2.45) is 0 Å². The molecule has 0 heterocycles.